The fourth-order valence-electron chi connectivity index (χ4n) is 1.74. The predicted molar refractivity (Wildman–Crippen MR) is 71.4 cm³/mol. The van der Waals surface area contributed by atoms with E-state index < -0.39 is 0 Å². The molecule has 0 aliphatic carbocycles. The molecule has 19 heavy (non-hydrogen) atoms. The van der Waals surface area contributed by atoms with Gasteiger partial charge in [0, 0.05) is 5.56 Å². The molecule has 3 rings (SSSR count). The lowest BCUT2D eigenvalue weighted by atomic mass is 10.1. The standard InChI is InChI=1S/C12H9N5OS/c1-7-3-4-9(5-10(7)13-6-18)11-16-17-8(2)14-15-12(17)19-11/h3-5H,1-2H3. The largest absolute Gasteiger partial charge is 0.240 e. The highest BCUT2D eigenvalue weighted by Crippen LogP contribution is 2.29. The lowest BCUT2D eigenvalue weighted by Crippen LogP contribution is -1.88. The number of benzene rings is 1. The Hall–Kier alpha value is -2.37. The van der Waals surface area contributed by atoms with Crippen LogP contribution in [0.4, 0.5) is 5.69 Å². The summed E-state index contributed by atoms with van der Waals surface area (Å²) in [6.07, 6.45) is 1.56. The van der Waals surface area contributed by atoms with Crippen molar-refractivity contribution < 1.29 is 4.79 Å². The van der Waals surface area contributed by atoms with E-state index in [1.807, 2.05) is 32.0 Å². The zero-order chi connectivity index (χ0) is 13.4. The van der Waals surface area contributed by atoms with Gasteiger partial charge in [-0.1, -0.05) is 23.5 Å². The number of hydrogen-bond acceptors (Lipinski definition) is 6. The summed E-state index contributed by atoms with van der Waals surface area (Å²) in [4.78, 5) is 14.8. The molecule has 0 bridgehead atoms. The highest BCUT2D eigenvalue weighted by Gasteiger charge is 2.11. The fourth-order valence-corrected chi connectivity index (χ4v) is 2.62. The number of carbonyl (C=O) groups excluding carboxylic acids is 1. The first-order valence-electron chi connectivity index (χ1n) is 5.57. The van der Waals surface area contributed by atoms with Crippen LogP contribution in [0, 0.1) is 13.8 Å². The van der Waals surface area contributed by atoms with E-state index in [2.05, 4.69) is 20.3 Å². The molecule has 1 aromatic carbocycles. The molecule has 2 aromatic heterocycles. The van der Waals surface area contributed by atoms with Gasteiger partial charge in [0.2, 0.25) is 11.0 Å². The molecule has 94 valence electrons. The summed E-state index contributed by atoms with van der Waals surface area (Å²) < 4.78 is 1.70. The Kier molecular flexibility index (Phi) is 2.70. The molecule has 0 spiro atoms. The maximum Gasteiger partial charge on any atom is 0.240 e. The minimum Gasteiger partial charge on any atom is -0.211 e. The van der Waals surface area contributed by atoms with Gasteiger partial charge in [0.25, 0.3) is 0 Å². The minimum absolute atomic E-state index is 0.607. The van der Waals surface area contributed by atoms with E-state index >= 15 is 0 Å². The van der Waals surface area contributed by atoms with Crippen LogP contribution in [0.3, 0.4) is 0 Å². The molecule has 0 amide bonds. The molecule has 0 atom stereocenters. The van der Waals surface area contributed by atoms with Crippen molar-refractivity contribution in [1.82, 2.24) is 19.8 Å². The molecule has 0 fully saturated rings. The van der Waals surface area contributed by atoms with Crippen LogP contribution in [-0.4, -0.2) is 25.9 Å². The normalized spacial score (nSPS) is 10.6. The van der Waals surface area contributed by atoms with Gasteiger partial charge >= 0.3 is 0 Å². The quantitative estimate of drug-likeness (QED) is 0.530. The Morgan fingerprint density at radius 1 is 1.32 bits per heavy atom. The van der Waals surface area contributed by atoms with Crippen LogP contribution in [0.5, 0.6) is 0 Å². The monoisotopic (exact) mass is 271 g/mol. The van der Waals surface area contributed by atoms with Crippen molar-refractivity contribution >= 4 is 28.1 Å². The minimum atomic E-state index is 0.607. The number of rotatable bonds is 2. The van der Waals surface area contributed by atoms with E-state index in [-0.39, 0.29) is 0 Å². The van der Waals surface area contributed by atoms with Crippen molar-refractivity contribution in [3.05, 3.63) is 29.6 Å². The number of nitrogens with zero attached hydrogens (tertiary/aromatic N) is 5. The van der Waals surface area contributed by atoms with Crippen molar-refractivity contribution in [3.63, 3.8) is 0 Å². The second kappa shape index (κ2) is 4.38. The molecule has 6 nitrogen and oxygen atoms in total. The Labute approximate surface area is 112 Å². The highest BCUT2D eigenvalue weighted by molar-refractivity contribution is 7.19. The molecule has 0 aliphatic rings. The van der Waals surface area contributed by atoms with Crippen molar-refractivity contribution in [2.24, 2.45) is 4.99 Å². The molecule has 0 unspecified atom stereocenters. The fraction of sp³-hybridized carbons (Fsp3) is 0.167. The molecule has 0 saturated heterocycles. The summed E-state index contributed by atoms with van der Waals surface area (Å²) >= 11 is 1.44. The number of aromatic nitrogens is 4. The van der Waals surface area contributed by atoms with Crippen LogP contribution in [0.25, 0.3) is 15.5 Å². The van der Waals surface area contributed by atoms with Crippen LogP contribution in [0.15, 0.2) is 23.2 Å². The smallest absolute Gasteiger partial charge is 0.211 e. The van der Waals surface area contributed by atoms with Gasteiger partial charge in [0.15, 0.2) is 5.82 Å². The molecular formula is C12H9N5OS. The van der Waals surface area contributed by atoms with E-state index in [1.165, 1.54) is 11.3 Å². The predicted octanol–water partition coefficient (Wildman–Crippen LogP) is 2.44. The van der Waals surface area contributed by atoms with Crippen molar-refractivity contribution in [1.29, 1.82) is 0 Å². The second-order valence-electron chi connectivity index (χ2n) is 4.05. The average Bonchev–Trinajstić information content (AvgIpc) is 2.95. The molecule has 3 aromatic rings. The van der Waals surface area contributed by atoms with Gasteiger partial charge in [0.05, 0.1) is 5.69 Å². The van der Waals surface area contributed by atoms with Gasteiger partial charge in [-0.05, 0) is 25.5 Å². The van der Waals surface area contributed by atoms with Crippen LogP contribution in [0.1, 0.15) is 11.4 Å². The van der Waals surface area contributed by atoms with E-state index in [0.29, 0.717) is 5.69 Å². The topological polar surface area (TPSA) is 72.5 Å². The lowest BCUT2D eigenvalue weighted by molar-refractivity contribution is 0.565. The number of isocyanates is 1. The molecule has 7 heteroatoms. The molecule has 0 aliphatic heterocycles. The molecule has 0 saturated carbocycles. The Morgan fingerprint density at radius 3 is 2.89 bits per heavy atom. The summed E-state index contributed by atoms with van der Waals surface area (Å²) in [6.45, 7) is 3.74. The summed E-state index contributed by atoms with van der Waals surface area (Å²) in [7, 11) is 0. The lowest BCUT2D eigenvalue weighted by Gasteiger charge is -2.00. The summed E-state index contributed by atoms with van der Waals surface area (Å²) in [5, 5.41) is 13.2. The number of fused-ring (bicyclic) bond motifs is 1. The van der Waals surface area contributed by atoms with E-state index in [4.69, 9.17) is 0 Å². The molecular weight excluding hydrogens is 262 g/mol. The van der Waals surface area contributed by atoms with Crippen LogP contribution < -0.4 is 0 Å². The SMILES string of the molecule is Cc1ccc(-c2nn3c(C)nnc3s2)cc1N=C=O. The van der Waals surface area contributed by atoms with Crippen molar-refractivity contribution in [3.8, 4) is 10.6 Å². The van der Waals surface area contributed by atoms with E-state index in [9.17, 15) is 4.79 Å². The Balaban J connectivity index is 2.15. The summed E-state index contributed by atoms with van der Waals surface area (Å²) in [6, 6.07) is 5.67. The Bertz CT molecular complexity index is 813. The molecule has 0 N–H and O–H groups in total. The summed E-state index contributed by atoms with van der Waals surface area (Å²) in [5.74, 6) is 0.746. The van der Waals surface area contributed by atoms with E-state index in [1.54, 1.807) is 10.6 Å². The zero-order valence-corrected chi connectivity index (χ0v) is 11.1. The number of aliphatic imine (C=N–C) groups is 1. The molecule has 2 heterocycles. The van der Waals surface area contributed by atoms with Crippen molar-refractivity contribution in [2.75, 3.05) is 0 Å². The first kappa shape index (κ1) is 11.7. The molecule has 0 radical (unpaired) electrons. The van der Waals surface area contributed by atoms with Gasteiger partial charge in [-0.15, -0.1) is 10.2 Å². The van der Waals surface area contributed by atoms with Gasteiger partial charge in [-0.25, -0.2) is 4.79 Å². The first-order chi connectivity index (χ1) is 9.19. The van der Waals surface area contributed by atoms with Gasteiger partial charge < -0.3 is 0 Å². The number of aryl methyl sites for hydroxylation is 2. The summed E-state index contributed by atoms with van der Waals surface area (Å²) in [5.41, 5.74) is 2.43. The maximum absolute atomic E-state index is 10.4. The van der Waals surface area contributed by atoms with Crippen molar-refractivity contribution in [2.45, 2.75) is 13.8 Å². The number of hydrogen-bond donors (Lipinski definition) is 0. The average molecular weight is 271 g/mol. The van der Waals surface area contributed by atoms with Gasteiger partial charge in [-0.2, -0.15) is 14.6 Å². The van der Waals surface area contributed by atoms with Crippen LogP contribution in [0.2, 0.25) is 0 Å². The van der Waals surface area contributed by atoms with Gasteiger partial charge in [-0.3, -0.25) is 0 Å². The van der Waals surface area contributed by atoms with Gasteiger partial charge in [0.1, 0.15) is 5.01 Å². The highest BCUT2D eigenvalue weighted by atomic mass is 32.1. The first-order valence-corrected chi connectivity index (χ1v) is 6.38. The third-order valence-corrected chi connectivity index (χ3v) is 3.72. The third-order valence-electron chi connectivity index (χ3n) is 2.77. The zero-order valence-electron chi connectivity index (χ0n) is 10.3. The second-order valence-corrected chi connectivity index (χ2v) is 5.01. The van der Waals surface area contributed by atoms with E-state index in [0.717, 1.165) is 26.9 Å². The van der Waals surface area contributed by atoms with Crippen LogP contribution >= 0.6 is 11.3 Å². The third kappa shape index (κ3) is 1.95. The Morgan fingerprint density at radius 2 is 2.16 bits per heavy atom. The maximum atomic E-state index is 10.4. The van der Waals surface area contributed by atoms with Crippen LogP contribution in [-0.2, 0) is 4.79 Å².